The van der Waals surface area contributed by atoms with Crippen LogP contribution in [0.2, 0.25) is 0 Å². The molecule has 0 unspecified atom stereocenters. The fraction of sp³-hybridized carbons (Fsp3) is 0.400. The predicted octanol–water partition coefficient (Wildman–Crippen LogP) is 2.88. The van der Waals surface area contributed by atoms with Gasteiger partial charge in [0.1, 0.15) is 4.90 Å². The normalized spacial score (nSPS) is 11.6. The second-order valence-electron chi connectivity index (χ2n) is 4.98. The maximum absolute atomic E-state index is 12.6. The van der Waals surface area contributed by atoms with E-state index in [9.17, 15) is 8.42 Å². The summed E-state index contributed by atoms with van der Waals surface area (Å²) in [5, 5.41) is 4.10. The molecule has 2 rings (SSSR count). The summed E-state index contributed by atoms with van der Waals surface area (Å²) >= 11 is 0. The van der Waals surface area contributed by atoms with Crippen LogP contribution in [0.5, 0.6) is 0 Å². The molecule has 0 bridgehead atoms. The Morgan fingerprint density at radius 3 is 2.52 bits per heavy atom. The number of nitrogens with zero attached hydrogens (tertiary/aromatic N) is 2. The van der Waals surface area contributed by atoms with E-state index in [0.717, 1.165) is 17.5 Å². The smallest absolute Gasteiger partial charge is 0.265 e. The van der Waals surface area contributed by atoms with Crippen LogP contribution in [-0.2, 0) is 23.0 Å². The van der Waals surface area contributed by atoms with Crippen molar-refractivity contribution in [3.63, 3.8) is 0 Å². The van der Waals surface area contributed by atoms with Gasteiger partial charge in [-0.2, -0.15) is 5.10 Å². The lowest BCUT2D eigenvalue weighted by Crippen LogP contribution is -2.16. The number of aryl methyl sites for hydroxylation is 3. The first kappa shape index (κ1) is 15.6. The highest BCUT2D eigenvalue weighted by molar-refractivity contribution is 7.92. The fourth-order valence-electron chi connectivity index (χ4n) is 2.37. The van der Waals surface area contributed by atoms with Crippen molar-refractivity contribution < 1.29 is 8.42 Å². The van der Waals surface area contributed by atoms with Gasteiger partial charge in [-0.3, -0.25) is 9.40 Å². The molecule has 0 saturated heterocycles. The molecule has 0 saturated carbocycles. The Hall–Kier alpha value is -1.82. The van der Waals surface area contributed by atoms with E-state index < -0.39 is 10.0 Å². The number of hydrogen-bond donors (Lipinski definition) is 1. The fourth-order valence-corrected chi connectivity index (χ4v) is 3.72. The van der Waals surface area contributed by atoms with E-state index >= 15 is 0 Å². The zero-order chi connectivity index (χ0) is 15.6. The molecule has 114 valence electrons. The quantitative estimate of drug-likeness (QED) is 0.923. The number of nitrogens with one attached hydrogen (secondary N) is 1. The van der Waals surface area contributed by atoms with E-state index in [1.54, 1.807) is 11.6 Å². The van der Waals surface area contributed by atoms with Crippen molar-refractivity contribution in [2.75, 3.05) is 4.72 Å². The molecule has 5 nitrogen and oxygen atoms in total. The number of hydrogen-bond acceptors (Lipinski definition) is 3. The lowest BCUT2D eigenvalue weighted by atomic mass is 10.1. The minimum atomic E-state index is -3.62. The summed E-state index contributed by atoms with van der Waals surface area (Å²) in [7, 11) is -3.62. The van der Waals surface area contributed by atoms with Crippen molar-refractivity contribution >= 4 is 15.7 Å². The van der Waals surface area contributed by atoms with Crippen LogP contribution in [0, 0.1) is 13.8 Å². The van der Waals surface area contributed by atoms with E-state index in [-0.39, 0.29) is 4.90 Å². The number of sulfonamides is 1. The van der Waals surface area contributed by atoms with Gasteiger partial charge in [0.25, 0.3) is 10.0 Å². The van der Waals surface area contributed by atoms with Gasteiger partial charge in [0.2, 0.25) is 0 Å². The van der Waals surface area contributed by atoms with Gasteiger partial charge in [-0.25, -0.2) is 8.42 Å². The summed E-state index contributed by atoms with van der Waals surface area (Å²) in [6.07, 6.45) is 2.18. The highest BCUT2D eigenvalue weighted by Gasteiger charge is 2.22. The van der Waals surface area contributed by atoms with E-state index in [1.165, 1.54) is 6.20 Å². The maximum atomic E-state index is 12.6. The molecular weight excluding hydrogens is 286 g/mol. The molecule has 2 aromatic rings. The number of rotatable bonds is 5. The van der Waals surface area contributed by atoms with Crippen LogP contribution in [-0.4, -0.2) is 18.2 Å². The predicted molar refractivity (Wildman–Crippen MR) is 84.0 cm³/mol. The van der Waals surface area contributed by atoms with Crippen LogP contribution < -0.4 is 4.72 Å². The van der Waals surface area contributed by atoms with Gasteiger partial charge in [-0.05, 0) is 38.3 Å². The molecule has 0 radical (unpaired) electrons. The van der Waals surface area contributed by atoms with Crippen molar-refractivity contribution in [1.29, 1.82) is 0 Å². The number of para-hydroxylation sites is 1. The van der Waals surface area contributed by atoms with E-state index in [0.29, 0.717) is 17.9 Å². The Morgan fingerprint density at radius 1 is 1.24 bits per heavy atom. The summed E-state index contributed by atoms with van der Waals surface area (Å²) in [5.41, 5.74) is 3.22. The molecule has 0 aliphatic carbocycles. The maximum Gasteiger partial charge on any atom is 0.265 e. The average Bonchev–Trinajstić information content (AvgIpc) is 2.82. The Labute approximate surface area is 126 Å². The molecule has 0 spiro atoms. The third-order valence-electron chi connectivity index (χ3n) is 3.62. The molecule has 0 aliphatic rings. The van der Waals surface area contributed by atoms with Gasteiger partial charge in [-0.15, -0.1) is 0 Å². The third-order valence-corrected chi connectivity index (χ3v) is 5.08. The Bertz CT molecular complexity index is 748. The van der Waals surface area contributed by atoms with Crippen molar-refractivity contribution in [2.45, 2.75) is 45.6 Å². The summed E-state index contributed by atoms with van der Waals surface area (Å²) in [4.78, 5) is 0.231. The number of aromatic nitrogens is 2. The minimum Gasteiger partial charge on any atom is -0.279 e. The molecule has 0 atom stereocenters. The van der Waals surface area contributed by atoms with Crippen molar-refractivity contribution in [3.8, 4) is 0 Å². The summed E-state index contributed by atoms with van der Waals surface area (Å²) in [6.45, 7) is 8.25. The van der Waals surface area contributed by atoms with Gasteiger partial charge >= 0.3 is 0 Å². The zero-order valence-electron chi connectivity index (χ0n) is 12.8. The molecule has 0 aliphatic heterocycles. The summed E-state index contributed by atoms with van der Waals surface area (Å²) in [6, 6.07) is 5.78. The first-order chi connectivity index (χ1) is 9.90. The van der Waals surface area contributed by atoms with Gasteiger partial charge in [0.05, 0.1) is 17.6 Å². The van der Waals surface area contributed by atoms with Crippen LogP contribution in [0.3, 0.4) is 0 Å². The number of anilines is 1. The van der Waals surface area contributed by atoms with Crippen LogP contribution >= 0.6 is 0 Å². The summed E-state index contributed by atoms with van der Waals surface area (Å²) < 4.78 is 29.6. The molecule has 21 heavy (non-hydrogen) atoms. The molecule has 1 aromatic carbocycles. The largest absolute Gasteiger partial charge is 0.279 e. The molecular formula is C15H21N3O2S. The lowest BCUT2D eigenvalue weighted by molar-refractivity contribution is 0.598. The van der Waals surface area contributed by atoms with E-state index in [1.807, 2.05) is 39.0 Å². The topological polar surface area (TPSA) is 64.0 Å². The molecule has 0 fully saturated rings. The number of benzene rings is 1. The SMILES string of the molecule is CCc1cccc(C)c1NS(=O)(=O)c1cnn(CC)c1C. The van der Waals surface area contributed by atoms with Crippen LogP contribution in [0.1, 0.15) is 30.7 Å². The minimum absolute atomic E-state index is 0.231. The second-order valence-corrected chi connectivity index (χ2v) is 6.63. The second kappa shape index (κ2) is 5.89. The van der Waals surface area contributed by atoms with Crippen molar-refractivity contribution in [2.24, 2.45) is 0 Å². The first-order valence-electron chi connectivity index (χ1n) is 7.04. The molecule has 6 heteroatoms. The Kier molecular flexibility index (Phi) is 4.37. The van der Waals surface area contributed by atoms with Crippen LogP contribution in [0.15, 0.2) is 29.3 Å². The van der Waals surface area contributed by atoms with Gasteiger partial charge in [0.15, 0.2) is 0 Å². The van der Waals surface area contributed by atoms with E-state index in [2.05, 4.69) is 9.82 Å². The van der Waals surface area contributed by atoms with Gasteiger partial charge < -0.3 is 0 Å². The third kappa shape index (κ3) is 2.95. The monoisotopic (exact) mass is 307 g/mol. The summed E-state index contributed by atoms with van der Waals surface area (Å²) in [5.74, 6) is 0. The zero-order valence-corrected chi connectivity index (χ0v) is 13.7. The van der Waals surface area contributed by atoms with Crippen molar-refractivity contribution in [3.05, 3.63) is 41.2 Å². The first-order valence-corrected chi connectivity index (χ1v) is 8.52. The highest BCUT2D eigenvalue weighted by atomic mass is 32.2. The van der Waals surface area contributed by atoms with Crippen LogP contribution in [0.4, 0.5) is 5.69 Å². The van der Waals surface area contributed by atoms with Crippen molar-refractivity contribution in [1.82, 2.24) is 9.78 Å². The standard InChI is InChI=1S/C15H21N3O2S/c1-5-13-9-7-8-11(3)15(13)17-21(19,20)14-10-16-18(6-2)12(14)4/h7-10,17H,5-6H2,1-4H3. The Morgan fingerprint density at radius 2 is 1.95 bits per heavy atom. The van der Waals surface area contributed by atoms with E-state index in [4.69, 9.17) is 0 Å². The molecule has 0 amide bonds. The molecule has 1 N–H and O–H groups in total. The molecule has 1 aromatic heterocycles. The average molecular weight is 307 g/mol. The van der Waals surface area contributed by atoms with Gasteiger partial charge in [-0.1, -0.05) is 25.1 Å². The van der Waals surface area contributed by atoms with Crippen LogP contribution in [0.25, 0.3) is 0 Å². The molecule has 1 heterocycles. The Balaban J connectivity index is 2.45. The van der Waals surface area contributed by atoms with Gasteiger partial charge in [0, 0.05) is 6.54 Å². The highest BCUT2D eigenvalue weighted by Crippen LogP contribution is 2.25. The lowest BCUT2D eigenvalue weighted by Gasteiger charge is -2.14.